The molecule has 8 nitrogen and oxygen atoms in total. The van der Waals surface area contributed by atoms with E-state index in [0.717, 1.165) is 42.9 Å². The average molecular weight is 459 g/mol. The van der Waals surface area contributed by atoms with Crippen LogP contribution in [0, 0.1) is 0 Å². The lowest BCUT2D eigenvalue weighted by atomic mass is 10.1. The molecule has 1 atom stereocenters. The molecule has 2 heterocycles. The highest BCUT2D eigenvalue weighted by atomic mass is 35.5. The van der Waals surface area contributed by atoms with Crippen molar-refractivity contribution in [3.05, 3.63) is 58.1 Å². The van der Waals surface area contributed by atoms with Crippen LogP contribution >= 0.6 is 11.6 Å². The monoisotopic (exact) mass is 458 g/mol. The van der Waals surface area contributed by atoms with Gasteiger partial charge in [0.15, 0.2) is 6.17 Å². The van der Waals surface area contributed by atoms with Crippen molar-refractivity contribution in [2.24, 2.45) is 4.99 Å². The number of nitrogens with one attached hydrogen (secondary N) is 1. The largest absolute Gasteiger partial charge is 0.871 e. The number of benzene rings is 2. The van der Waals surface area contributed by atoms with Gasteiger partial charge in [0.2, 0.25) is 5.90 Å². The Bertz CT molecular complexity index is 1010. The van der Waals surface area contributed by atoms with Crippen molar-refractivity contribution in [2.45, 2.75) is 32.5 Å². The molecule has 2 aliphatic heterocycles. The van der Waals surface area contributed by atoms with Crippen LogP contribution in [0.25, 0.3) is 0 Å². The number of esters is 1. The molecule has 1 unspecified atom stereocenters. The number of carbonyl (C=O) groups is 1. The van der Waals surface area contributed by atoms with Crippen molar-refractivity contribution in [1.82, 2.24) is 10.4 Å². The maximum absolute atomic E-state index is 11.6. The van der Waals surface area contributed by atoms with Gasteiger partial charge in [0, 0.05) is 35.7 Å². The summed E-state index contributed by atoms with van der Waals surface area (Å²) in [5, 5.41) is 11.7. The zero-order valence-electron chi connectivity index (χ0n) is 17.8. The summed E-state index contributed by atoms with van der Waals surface area (Å²) in [6.07, 6.45) is 0.766. The van der Waals surface area contributed by atoms with Crippen LogP contribution in [-0.2, 0) is 20.9 Å². The first-order valence-corrected chi connectivity index (χ1v) is 11.0. The molecule has 2 aromatic carbocycles. The van der Waals surface area contributed by atoms with Gasteiger partial charge in [-0.3, -0.25) is 9.69 Å². The third-order valence-electron chi connectivity index (χ3n) is 5.31. The van der Waals surface area contributed by atoms with Crippen LogP contribution < -0.4 is 15.3 Å². The zero-order chi connectivity index (χ0) is 22.5. The Morgan fingerprint density at radius 1 is 1.34 bits per heavy atom. The summed E-state index contributed by atoms with van der Waals surface area (Å²) in [7, 11) is 0. The number of nitrogens with zero attached hydrogens (tertiary/aromatic N) is 2. The topological polar surface area (TPSA) is 95.5 Å². The third-order valence-corrected chi connectivity index (χ3v) is 5.61. The Labute approximate surface area is 191 Å². The van der Waals surface area contributed by atoms with Crippen LogP contribution in [0.4, 0.5) is 0 Å². The summed E-state index contributed by atoms with van der Waals surface area (Å²) in [5.74, 6) is 0.829. The Morgan fingerprint density at radius 3 is 3.03 bits per heavy atom. The molecule has 0 bridgehead atoms. The van der Waals surface area contributed by atoms with E-state index in [1.54, 1.807) is 12.1 Å². The molecule has 170 valence electrons. The van der Waals surface area contributed by atoms with Gasteiger partial charge in [0.05, 0.1) is 6.61 Å². The van der Waals surface area contributed by atoms with E-state index < -0.39 is 0 Å². The molecule has 1 N–H and O–H groups in total. The summed E-state index contributed by atoms with van der Waals surface area (Å²) >= 11 is 5.94. The van der Waals surface area contributed by atoms with Gasteiger partial charge in [0.25, 0.3) is 0 Å². The lowest BCUT2D eigenvalue weighted by Crippen LogP contribution is -2.27. The lowest BCUT2D eigenvalue weighted by molar-refractivity contribution is -0.268. The summed E-state index contributed by atoms with van der Waals surface area (Å²) < 4.78 is 10.9. The van der Waals surface area contributed by atoms with E-state index in [9.17, 15) is 9.90 Å². The SMILES string of the molecule is CCOC(=O)CCCN1CCOc2ccc(C3N=C(c4ccc([O-])c(Cl)c4)ON3)cc2C1. The van der Waals surface area contributed by atoms with Gasteiger partial charge < -0.3 is 19.4 Å². The van der Waals surface area contributed by atoms with Crippen LogP contribution in [0.15, 0.2) is 41.4 Å². The van der Waals surface area contributed by atoms with Crippen LogP contribution in [0.1, 0.15) is 42.6 Å². The smallest absolute Gasteiger partial charge is 0.305 e. The number of halogens is 1. The minimum absolute atomic E-state index is 0.127. The van der Waals surface area contributed by atoms with Gasteiger partial charge in [-0.05, 0) is 49.7 Å². The van der Waals surface area contributed by atoms with Gasteiger partial charge in [-0.25, -0.2) is 4.99 Å². The highest BCUT2D eigenvalue weighted by Crippen LogP contribution is 2.30. The number of carbonyl (C=O) groups excluding carboxylic acids is 1. The van der Waals surface area contributed by atoms with E-state index >= 15 is 0 Å². The molecule has 0 fully saturated rings. The van der Waals surface area contributed by atoms with Crippen molar-refractivity contribution in [3.63, 3.8) is 0 Å². The molecule has 0 amide bonds. The van der Waals surface area contributed by atoms with Crippen molar-refractivity contribution < 1.29 is 24.2 Å². The fourth-order valence-corrected chi connectivity index (χ4v) is 3.88. The van der Waals surface area contributed by atoms with Crippen molar-refractivity contribution >= 4 is 23.5 Å². The minimum Gasteiger partial charge on any atom is -0.871 e. The van der Waals surface area contributed by atoms with Crippen LogP contribution in [0.5, 0.6) is 11.5 Å². The molecular formula is C23H25ClN3O5-. The normalized spacial score (nSPS) is 18.2. The number of rotatable bonds is 7. The van der Waals surface area contributed by atoms with E-state index in [1.165, 1.54) is 6.07 Å². The van der Waals surface area contributed by atoms with Crippen LogP contribution in [-0.4, -0.2) is 43.1 Å². The van der Waals surface area contributed by atoms with Crippen molar-refractivity contribution in [3.8, 4) is 11.5 Å². The molecule has 9 heteroatoms. The number of hydroxylamine groups is 1. The molecule has 0 aliphatic carbocycles. The number of ether oxygens (including phenoxy) is 2. The standard InChI is InChI=1S/C23H26ClN3O5/c1-2-30-21(29)4-3-9-27-10-11-31-20-8-6-15(12-17(20)14-27)22-25-23(32-26-22)16-5-7-19(28)18(24)13-16/h5-8,12-13,22,26,28H,2-4,9-11,14H2,1H3/p-1. The van der Waals surface area contributed by atoms with Crippen molar-refractivity contribution in [2.75, 3.05) is 26.3 Å². The molecule has 2 aromatic rings. The van der Waals surface area contributed by atoms with Crippen LogP contribution in [0.3, 0.4) is 0 Å². The molecule has 2 aliphatic rings. The minimum atomic E-state index is -0.387. The average Bonchev–Trinajstić information content (AvgIpc) is 3.18. The van der Waals surface area contributed by atoms with Gasteiger partial charge in [0.1, 0.15) is 12.4 Å². The molecule has 0 saturated carbocycles. The van der Waals surface area contributed by atoms with E-state index in [2.05, 4.69) is 21.4 Å². The quantitative estimate of drug-likeness (QED) is 0.637. The van der Waals surface area contributed by atoms with Gasteiger partial charge in [-0.2, -0.15) is 0 Å². The first kappa shape index (κ1) is 22.4. The second-order valence-electron chi connectivity index (χ2n) is 7.60. The van der Waals surface area contributed by atoms with Crippen molar-refractivity contribution in [1.29, 1.82) is 0 Å². The molecule has 4 rings (SSSR count). The Balaban J connectivity index is 1.44. The Morgan fingerprint density at radius 2 is 2.22 bits per heavy atom. The predicted octanol–water partition coefficient (Wildman–Crippen LogP) is 2.93. The fraction of sp³-hybridized carbons (Fsp3) is 0.391. The number of aliphatic imine (C=N–C) groups is 1. The molecule has 0 radical (unpaired) electrons. The third kappa shape index (κ3) is 5.32. The second-order valence-corrected chi connectivity index (χ2v) is 8.01. The van der Waals surface area contributed by atoms with E-state index in [1.807, 2.05) is 19.1 Å². The molecule has 0 saturated heterocycles. The number of hydrogen-bond donors (Lipinski definition) is 1. The molecule has 0 spiro atoms. The second kappa shape index (κ2) is 10.2. The maximum atomic E-state index is 11.6. The van der Waals surface area contributed by atoms with Gasteiger partial charge >= 0.3 is 5.97 Å². The van der Waals surface area contributed by atoms with Gasteiger partial charge in [-0.1, -0.05) is 29.5 Å². The molecule has 0 aromatic heterocycles. The van der Waals surface area contributed by atoms with Gasteiger partial charge in [-0.15, -0.1) is 5.48 Å². The summed E-state index contributed by atoms with van der Waals surface area (Å²) in [5.41, 5.74) is 5.54. The van der Waals surface area contributed by atoms with E-state index in [-0.39, 0.29) is 22.9 Å². The van der Waals surface area contributed by atoms with E-state index in [4.69, 9.17) is 25.9 Å². The summed E-state index contributed by atoms with van der Waals surface area (Å²) in [6, 6.07) is 10.5. The summed E-state index contributed by atoms with van der Waals surface area (Å²) in [6.45, 7) is 5.11. The Kier molecular flexibility index (Phi) is 7.14. The fourth-order valence-electron chi connectivity index (χ4n) is 3.70. The van der Waals surface area contributed by atoms with Crippen LogP contribution in [0.2, 0.25) is 5.02 Å². The maximum Gasteiger partial charge on any atom is 0.305 e. The number of fused-ring (bicyclic) bond motifs is 1. The highest BCUT2D eigenvalue weighted by Gasteiger charge is 2.24. The first-order valence-electron chi connectivity index (χ1n) is 10.6. The molecule has 32 heavy (non-hydrogen) atoms. The zero-order valence-corrected chi connectivity index (χ0v) is 18.6. The van der Waals surface area contributed by atoms with E-state index in [0.29, 0.717) is 31.1 Å². The Hall–Kier alpha value is -2.81. The number of hydrogen-bond acceptors (Lipinski definition) is 8. The first-order chi connectivity index (χ1) is 15.5. The highest BCUT2D eigenvalue weighted by molar-refractivity contribution is 6.32. The summed E-state index contributed by atoms with van der Waals surface area (Å²) in [4.78, 5) is 24.0. The predicted molar refractivity (Wildman–Crippen MR) is 117 cm³/mol. The lowest BCUT2D eigenvalue weighted by Gasteiger charge is -2.19. The molecular weight excluding hydrogens is 434 g/mol.